The molecule has 0 aliphatic carbocycles. The molecule has 3 nitrogen and oxygen atoms in total. The molecular formula is C11H14ClIN2OS. The second-order valence-electron chi connectivity index (χ2n) is 4.73. The van der Waals surface area contributed by atoms with E-state index in [0.717, 1.165) is 33.9 Å². The fraction of sp³-hybridized carbons (Fsp3) is 0.727. The molecular weight excluding hydrogens is 371 g/mol. The lowest BCUT2D eigenvalue weighted by Gasteiger charge is -2.37. The SMILES string of the molecule is Clc1cn(C2CCOC3(CCSC3)C2)nc1I. The van der Waals surface area contributed by atoms with Crippen molar-refractivity contribution >= 4 is 46.0 Å². The van der Waals surface area contributed by atoms with Crippen LogP contribution in [0.5, 0.6) is 0 Å². The maximum Gasteiger partial charge on any atom is 0.141 e. The van der Waals surface area contributed by atoms with Crippen LogP contribution in [-0.2, 0) is 4.74 Å². The van der Waals surface area contributed by atoms with Crippen molar-refractivity contribution in [2.24, 2.45) is 0 Å². The Hall–Kier alpha value is 0.540. The molecule has 1 aromatic heterocycles. The minimum Gasteiger partial charge on any atom is -0.374 e. The normalized spacial score (nSPS) is 33.4. The van der Waals surface area contributed by atoms with Gasteiger partial charge in [0, 0.05) is 18.6 Å². The van der Waals surface area contributed by atoms with E-state index in [1.165, 1.54) is 12.2 Å². The number of rotatable bonds is 1. The van der Waals surface area contributed by atoms with E-state index < -0.39 is 0 Å². The second kappa shape index (κ2) is 4.90. The third kappa shape index (κ3) is 2.48. The Kier molecular flexibility index (Phi) is 3.63. The Morgan fingerprint density at radius 2 is 2.53 bits per heavy atom. The first-order valence-electron chi connectivity index (χ1n) is 5.80. The van der Waals surface area contributed by atoms with Crippen molar-refractivity contribution in [2.45, 2.75) is 30.9 Å². The minimum absolute atomic E-state index is 0.109. The quantitative estimate of drug-likeness (QED) is 0.695. The lowest BCUT2D eigenvalue weighted by Crippen LogP contribution is -2.40. The van der Waals surface area contributed by atoms with Gasteiger partial charge in [0.05, 0.1) is 16.7 Å². The van der Waals surface area contributed by atoms with Gasteiger partial charge in [-0.15, -0.1) is 0 Å². The lowest BCUT2D eigenvalue weighted by molar-refractivity contribution is -0.0778. The summed E-state index contributed by atoms with van der Waals surface area (Å²) in [6.45, 7) is 0.847. The first kappa shape index (κ1) is 12.6. The van der Waals surface area contributed by atoms with Crippen molar-refractivity contribution in [1.29, 1.82) is 0 Å². The summed E-state index contributed by atoms with van der Waals surface area (Å²) in [7, 11) is 0. The summed E-state index contributed by atoms with van der Waals surface area (Å²) in [6, 6.07) is 0.448. The predicted molar refractivity (Wildman–Crippen MR) is 78.9 cm³/mol. The molecule has 1 aromatic rings. The number of nitrogens with zero attached hydrogens (tertiary/aromatic N) is 2. The predicted octanol–water partition coefficient (Wildman–Crippen LogP) is 3.37. The van der Waals surface area contributed by atoms with Crippen molar-refractivity contribution < 1.29 is 4.74 Å². The molecule has 2 atom stereocenters. The Bertz CT molecular complexity index is 400. The van der Waals surface area contributed by atoms with Crippen LogP contribution in [0.4, 0.5) is 0 Å². The van der Waals surface area contributed by atoms with Gasteiger partial charge in [-0.1, -0.05) is 11.6 Å². The number of hydrogen-bond donors (Lipinski definition) is 0. The first-order valence-corrected chi connectivity index (χ1v) is 8.42. The van der Waals surface area contributed by atoms with E-state index in [-0.39, 0.29) is 5.60 Å². The van der Waals surface area contributed by atoms with E-state index in [9.17, 15) is 0 Å². The van der Waals surface area contributed by atoms with Gasteiger partial charge >= 0.3 is 0 Å². The summed E-state index contributed by atoms with van der Waals surface area (Å²) in [4.78, 5) is 0. The molecule has 3 heterocycles. The second-order valence-corrected chi connectivity index (χ2v) is 7.26. The van der Waals surface area contributed by atoms with Crippen molar-refractivity contribution in [1.82, 2.24) is 9.78 Å². The maximum atomic E-state index is 6.07. The molecule has 2 aliphatic heterocycles. The van der Waals surface area contributed by atoms with Crippen LogP contribution in [0.1, 0.15) is 25.3 Å². The van der Waals surface area contributed by atoms with Gasteiger partial charge in [-0.2, -0.15) is 16.9 Å². The number of ether oxygens (including phenoxy) is 1. The van der Waals surface area contributed by atoms with Gasteiger partial charge in [0.25, 0.3) is 0 Å². The van der Waals surface area contributed by atoms with Crippen molar-refractivity contribution in [2.75, 3.05) is 18.1 Å². The van der Waals surface area contributed by atoms with Gasteiger partial charge in [-0.3, -0.25) is 4.68 Å². The van der Waals surface area contributed by atoms with Gasteiger partial charge < -0.3 is 4.74 Å². The number of aromatic nitrogens is 2. The summed E-state index contributed by atoms with van der Waals surface area (Å²) >= 11 is 10.3. The molecule has 2 fully saturated rings. The van der Waals surface area contributed by atoms with Crippen LogP contribution in [0.15, 0.2) is 6.20 Å². The zero-order chi connectivity index (χ0) is 11.9. The van der Waals surface area contributed by atoms with Crippen molar-refractivity contribution in [3.8, 4) is 0 Å². The average molecular weight is 385 g/mol. The third-order valence-electron chi connectivity index (χ3n) is 3.55. The van der Waals surface area contributed by atoms with Crippen LogP contribution < -0.4 is 0 Å². The van der Waals surface area contributed by atoms with Crippen LogP contribution in [0, 0.1) is 3.70 Å². The van der Waals surface area contributed by atoms with E-state index >= 15 is 0 Å². The van der Waals surface area contributed by atoms with E-state index in [4.69, 9.17) is 16.3 Å². The van der Waals surface area contributed by atoms with Crippen LogP contribution in [-0.4, -0.2) is 33.5 Å². The van der Waals surface area contributed by atoms with Crippen molar-refractivity contribution in [3.05, 3.63) is 14.9 Å². The van der Waals surface area contributed by atoms with Crippen LogP contribution in [0.3, 0.4) is 0 Å². The zero-order valence-electron chi connectivity index (χ0n) is 9.36. The third-order valence-corrected chi connectivity index (χ3v) is 6.17. The highest BCUT2D eigenvalue weighted by atomic mass is 127. The monoisotopic (exact) mass is 384 g/mol. The van der Waals surface area contributed by atoms with E-state index in [1.54, 1.807) is 0 Å². The summed E-state index contributed by atoms with van der Waals surface area (Å²) in [5, 5.41) is 5.25. The summed E-state index contributed by atoms with van der Waals surface area (Å²) in [5.74, 6) is 2.36. The van der Waals surface area contributed by atoms with Gasteiger partial charge in [0.1, 0.15) is 3.70 Å². The number of thioether (sulfide) groups is 1. The summed E-state index contributed by atoms with van der Waals surface area (Å²) < 4.78 is 8.95. The highest BCUT2D eigenvalue weighted by molar-refractivity contribution is 14.1. The molecule has 0 radical (unpaired) electrons. The highest BCUT2D eigenvalue weighted by Gasteiger charge is 2.41. The van der Waals surface area contributed by atoms with E-state index in [2.05, 4.69) is 27.7 Å². The fourth-order valence-corrected chi connectivity index (χ4v) is 4.53. The van der Waals surface area contributed by atoms with E-state index in [1.807, 2.05) is 22.6 Å². The standard InChI is InChI=1S/C11H14ClIN2OS/c12-9-6-15(14-10(9)13)8-1-3-16-11(5-8)2-4-17-7-11/h6,8H,1-5,7H2. The molecule has 1 spiro atoms. The molecule has 17 heavy (non-hydrogen) atoms. The molecule has 2 aliphatic rings. The zero-order valence-corrected chi connectivity index (χ0v) is 13.1. The van der Waals surface area contributed by atoms with Gasteiger partial charge in [0.15, 0.2) is 0 Å². The topological polar surface area (TPSA) is 27.1 Å². The molecule has 0 amide bonds. The summed E-state index contributed by atoms with van der Waals surface area (Å²) in [5.41, 5.74) is 0.109. The smallest absolute Gasteiger partial charge is 0.141 e. The molecule has 0 N–H and O–H groups in total. The van der Waals surface area contributed by atoms with E-state index in [0.29, 0.717) is 6.04 Å². The highest BCUT2D eigenvalue weighted by Crippen LogP contribution is 2.42. The molecule has 2 unspecified atom stereocenters. The van der Waals surface area contributed by atoms with Gasteiger partial charge in [0.2, 0.25) is 0 Å². The molecule has 3 rings (SSSR count). The molecule has 0 bridgehead atoms. The Balaban J connectivity index is 1.79. The Morgan fingerprint density at radius 3 is 3.18 bits per heavy atom. The molecule has 0 aromatic carbocycles. The average Bonchev–Trinajstić information content (AvgIpc) is 2.88. The lowest BCUT2D eigenvalue weighted by atomic mass is 9.90. The fourth-order valence-electron chi connectivity index (χ4n) is 2.63. The maximum absolute atomic E-state index is 6.07. The Morgan fingerprint density at radius 1 is 1.65 bits per heavy atom. The molecule has 0 saturated carbocycles. The van der Waals surface area contributed by atoms with Crippen molar-refractivity contribution in [3.63, 3.8) is 0 Å². The van der Waals surface area contributed by atoms with Gasteiger partial charge in [-0.25, -0.2) is 0 Å². The van der Waals surface area contributed by atoms with Gasteiger partial charge in [-0.05, 0) is 47.6 Å². The summed E-state index contributed by atoms with van der Waals surface area (Å²) in [6.07, 6.45) is 5.25. The minimum atomic E-state index is 0.109. The molecule has 2 saturated heterocycles. The van der Waals surface area contributed by atoms with Crippen LogP contribution in [0.25, 0.3) is 0 Å². The first-order chi connectivity index (χ1) is 8.19. The largest absolute Gasteiger partial charge is 0.374 e. The molecule has 94 valence electrons. The number of hydrogen-bond acceptors (Lipinski definition) is 3. The van der Waals surface area contributed by atoms with Crippen LogP contribution in [0.2, 0.25) is 5.02 Å². The molecule has 6 heteroatoms. The number of halogens is 2. The van der Waals surface area contributed by atoms with Crippen LogP contribution >= 0.6 is 46.0 Å². The Labute approximate surface area is 124 Å².